The Hall–Kier alpha value is -2.82. The summed E-state index contributed by atoms with van der Waals surface area (Å²) in [6.45, 7) is 0.249. The van der Waals surface area contributed by atoms with Crippen molar-refractivity contribution in [2.75, 3.05) is 11.1 Å². The van der Waals surface area contributed by atoms with Crippen LogP contribution in [0.1, 0.15) is 16.8 Å². The Labute approximate surface area is 118 Å². The van der Waals surface area contributed by atoms with E-state index in [0.717, 1.165) is 11.6 Å². The number of halogens is 3. The second-order valence-electron chi connectivity index (χ2n) is 4.16. The van der Waals surface area contributed by atoms with Gasteiger partial charge in [-0.2, -0.15) is 23.4 Å². The van der Waals surface area contributed by atoms with Crippen LogP contribution < -0.4 is 11.1 Å². The van der Waals surface area contributed by atoms with Gasteiger partial charge in [0.05, 0.1) is 11.6 Å². The molecule has 3 N–H and O–H groups in total. The highest BCUT2D eigenvalue weighted by Gasteiger charge is 2.33. The molecule has 0 aliphatic rings. The third-order valence-corrected chi connectivity index (χ3v) is 2.59. The number of hydrogen-bond donors (Lipinski definition) is 2. The minimum absolute atomic E-state index is 0.0146. The SMILES string of the molecule is N#Cc1ccc(CNc2cc(C(F)(F)F)nc(N)n2)cc1. The van der Waals surface area contributed by atoms with Crippen molar-refractivity contribution in [2.45, 2.75) is 12.7 Å². The van der Waals surface area contributed by atoms with E-state index in [2.05, 4.69) is 15.3 Å². The van der Waals surface area contributed by atoms with Crippen molar-refractivity contribution in [3.8, 4) is 6.07 Å². The van der Waals surface area contributed by atoms with Crippen molar-refractivity contribution < 1.29 is 13.2 Å². The van der Waals surface area contributed by atoms with Gasteiger partial charge in [0.25, 0.3) is 0 Å². The average Bonchev–Trinajstić information content (AvgIpc) is 2.44. The molecule has 0 bridgehead atoms. The Kier molecular flexibility index (Phi) is 3.93. The lowest BCUT2D eigenvalue weighted by molar-refractivity contribution is -0.141. The predicted octanol–water partition coefficient (Wildman–Crippen LogP) is 2.56. The van der Waals surface area contributed by atoms with Crippen LogP contribution in [-0.4, -0.2) is 9.97 Å². The Morgan fingerprint density at radius 1 is 1.19 bits per heavy atom. The number of nitrogens with one attached hydrogen (secondary N) is 1. The normalized spacial score (nSPS) is 11.0. The Balaban J connectivity index is 2.12. The zero-order chi connectivity index (χ0) is 15.5. The fraction of sp³-hybridized carbons (Fsp3) is 0.154. The summed E-state index contributed by atoms with van der Waals surface area (Å²) in [5, 5.41) is 11.4. The van der Waals surface area contributed by atoms with Gasteiger partial charge in [0.2, 0.25) is 5.95 Å². The maximum atomic E-state index is 12.6. The third kappa shape index (κ3) is 3.82. The zero-order valence-electron chi connectivity index (χ0n) is 10.6. The van der Waals surface area contributed by atoms with Gasteiger partial charge < -0.3 is 11.1 Å². The Morgan fingerprint density at radius 3 is 2.43 bits per heavy atom. The number of benzene rings is 1. The van der Waals surface area contributed by atoms with Gasteiger partial charge in [0.15, 0.2) is 5.69 Å². The molecular formula is C13H10F3N5. The van der Waals surface area contributed by atoms with Crippen molar-refractivity contribution in [2.24, 2.45) is 0 Å². The van der Waals surface area contributed by atoms with Crippen molar-refractivity contribution in [3.63, 3.8) is 0 Å². The fourth-order valence-electron chi connectivity index (χ4n) is 1.59. The van der Waals surface area contributed by atoms with E-state index in [-0.39, 0.29) is 12.4 Å². The maximum Gasteiger partial charge on any atom is 0.433 e. The van der Waals surface area contributed by atoms with Crippen LogP contribution in [0.5, 0.6) is 0 Å². The van der Waals surface area contributed by atoms with E-state index in [0.29, 0.717) is 5.56 Å². The Morgan fingerprint density at radius 2 is 1.86 bits per heavy atom. The van der Waals surface area contributed by atoms with Crippen LogP contribution in [0.25, 0.3) is 0 Å². The number of rotatable bonds is 3. The molecule has 1 heterocycles. The predicted molar refractivity (Wildman–Crippen MR) is 69.9 cm³/mol. The number of aromatic nitrogens is 2. The van der Waals surface area contributed by atoms with Gasteiger partial charge in [-0.1, -0.05) is 12.1 Å². The summed E-state index contributed by atoms with van der Waals surface area (Å²) in [5.41, 5.74) is 5.46. The molecule has 5 nitrogen and oxygen atoms in total. The molecule has 0 aliphatic carbocycles. The molecule has 2 rings (SSSR count). The van der Waals surface area contributed by atoms with Crippen molar-refractivity contribution >= 4 is 11.8 Å². The Bertz CT molecular complexity index is 674. The van der Waals surface area contributed by atoms with Crippen molar-refractivity contribution in [1.29, 1.82) is 5.26 Å². The molecule has 0 aliphatic heterocycles. The van der Waals surface area contributed by atoms with E-state index in [9.17, 15) is 13.2 Å². The number of hydrogen-bond acceptors (Lipinski definition) is 5. The minimum Gasteiger partial charge on any atom is -0.368 e. The molecule has 1 aromatic carbocycles. The van der Waals surface area contributed by atoms with E-state index in [1.165, 1.54) is 0 Å². The highest BCUT2D eigenvalue weighted by molar-refractivity contribution is 5.42. The molecule has 0 saturated heterocycles. The van der Waals surface area contributed by atoms with Crippen LogP contribution in [0.2, 0.25) is 0 Å². The van der Waals surface area contributed by atoms with Gasteiger partial charge in [-0.15, -0.1) is 0 Å². The van der Waals surface area contributed by atoms with E-state index in [4.69, 9.17) is 11.0 Å². The molecule has 0 saturated carbocycles. The summed E-state index contributed by atoms with van der Waals surface area (Å²) < 4.78 is 37.8. The van der Waals surface area contributed by atoms with E-state index in [1.807, 2.05) is 6.07 Å². The summed E-state index contributed by atoms with van der Waals surface area (Å²) in [4.78, 5) is 6.85. The highest BCUT2D eigenvalue weighted by Crippen LogP contribution is 2.29. The standard InChI is InChI=1S/C13H10F3N5/c14-13(15,16)10-5-11(21-12(18)20-10)19-7-9-3-1-8(6-17)2-4-9/h1-5H,7H2,(H3,18,19,20,21). The van der Waals surface area contributed by atoms with E-state index in [1.54, 1.807) is 24.3 Å². The summed E-state index contributed by atoms with van der Waals surface area (Å²) in [6.07, 6.45) is -4.58. The molecule has 0 radical (unpaired) electrons. The first kappa shape index (κ1) is 14.6. The van der Waals surface area contributed by atoms with Crippen LogP contribution in [0, 0.1) is 11.3 Å². The summed E-state index contributed by atoms with van der Waals surface area (Å²) in [7, 11) is 0. The molecule has 8 heteroatoms. The number of nitrogen functional groups attached to an aromatic ring is 1. The highest BCUT2D eigenvalue weighted by atomic mass is 19.4. The molecule has 1 aromatic heterocycles. The van der Waals surface area contributed by atoms with Crippen LogP contribution in [0.3, 0.4) is 0 Å². The van der Waals surface area contributed by atoms with E-state index < -0.39 is 17.8 Å². The smallest absolute Gasteiger partial charge is 0.368 e. The lowest BCUT2D eigenvalue weighted by Gasteiger charge is -2.10. The topological polar surface area (TPSA) is 87.6 Å². The largest absolute Gasteiger partial charge is 0.433 e. The number of nitriles is 1. The quantitative estimate of drug-likeness (QED) is 0.908. The van der Waals surface area contributed by atoms with Crippen molar-refractivity contribution in [3.05, 3.63) is 47.2 Å². The summed E-state index contributed by atoms with van der Waals surface area (Å²) in [5.74, 6) is -0.466. The number of nitrogens with two attached hydrogens (primary N) is 1. The average molecular weight is 293 g/mol. The van der Waals surface area contributed by atoms with Gasteiger partial charge in [0.1, 0.15) is 5.82 Å². The number of nitrogens with zero attached hydrogens (tertiary/aromatic N) is 3. The monoisotopic (exact) mass is 293 g/mol. The zero-order valence-corrected chi connectivity index (χ0v) is 10.6. The third-order valence-electron chi connectivity index (χ3n) is 2.59. The molecule has 0 fully saturated rings. The molecular weight excluding hydrogens is 283 g/mol. The number of anilines is 2. The van der Waals surface area contributed by atoms with Crippen LogP contribution >= 0.6 is 0 Å². The van der Waals surface area contributed by atoms with E-state index >= 15 is 0 Å². The summed E-state index contributed by atoms with van der Waals surface area (Å²) >= 11 is 0. The number of alkyl halides is 3. The van der Waals surface area contributed by atoms with Crippen LogP contribution in [0.15, 0.2) is 30.3 Å². The lowest BCUT2D eigenvalue weighted by Crippen LogP contribution is -2.13. The first-order valence-electron chi connectivity index (χ1n) is 5.83. The van der Waals surface area contributed by atoms with Crippen LogP contribution in [0.4, 0.5) is 24.9 Å². The van der Waals surface area contributed by atoms with Gasteiger partial charge in [0, 0.05) is 12.6 Å². The molecule has 0 amide bonds. The van der Waals surface area contributed by atoms with Gasteiger partial charge in [-0.25, -0.2) is 4.98 Å². The molecule has 0 spiro atoms. The van der Waals surface area contributed by atoms with Crippen molar-refractivity contribution in [1.82, 2.24) is 9.97 Å². The second kappa shape index (κ2) is 5.66. The van der Waals surface area contributed by atoms with Crippen LogP contribution in [-0.2, 0) is 12.7 Å². The minimum atomic E-state index is -4.58. The first-order chi connectivity index (χ1) is 9.88. The molecule has 0 atom stereocenters. The molecule has 2 aromatic rings. The van der Waals surface area contributed by atoms with Gasteiger partial charge >= 0.3 is 6.18 Å². The second-order valence-corrected chi connectivity index (χ2v) is 4.16. The lowest BCUT2D eigenvalue weighted by atomic mass is 10.1. The molecule has 21 heavy (non-hydrogen) atoms. The maximum absolute atomic E-state index is 12.6. The summed E-state index contributed by atoms with van der Waals surface area (Å²) in [6, 6.07) is 9.39. The first-order valence-corrected chi connectivity index (χ1v) is 5.83. The molecule has 0 unspecified atom stereocenters. The molecule has 108 valence electrons. The fourth-order valence-corrected chi connectivity index (χ4v) is 1.59. The van der Waals surface area contributed by atoms with Gasteiger partial charge in [-0.05, 0) is 17.7 Å². The van der Waals surface area contributed by atoms with Gasteiger partial charge in [-0.3, -0.25) is 0 Å².